The summed E-state index contributed by atoms with van der Waals surface area (Å²) in [5.41, 5.74) is 3.38. The highest BCUT2D eigenvalue weighted by Gasteiger charge is 2.18. The molecular formula is C20H20N4O2. The van der Waals surface area contributed by atoms with Gasteiger partial charge in [0.15, 0.2) is 0 Å². The van der Waals surface area contributed by atoms with Gasteiger partial charge in [0.2, 0.25) is 0 Å². The molecule has 1 saturated heterocycles. The Balaban J connectivity index is 1.50. The Morgan fingerprint density at radius 3 is 2.69 bits per heavy atom. The first-order chi connectivity index (χ1) is 12.7. The molecule has 26 heavy (non-hydrogen) atoms. The minimum atomic E-state index is -0.218. The van der Waals surface area contributed by atoms with Gasteiger partial charge in [0.25, 0.3) is 11.8 Å². The van der Waals surface area contributed by atoms with Crippen LogP contribution in [0, 0.1) is 0 Å². The molecule has 2 aromatic carbocycles. The van der Waals surface area contributed by atoms with Crippen molar-refractivity contribution in [1.29, 1.82) is 0 Å². The lowest BCUT2D eigenvalue weighted by atomic mass is 10.1. The van der Waals surface area contributed by atoms with Crippen LogP contribution in [0.3, 0.4) is 0 Å². The standard InChI is InChI=1S/C20H20N4O2/c25-19(14-7-8-17-18(12-14)22-13-21-17)23-16-6-4-5-15(11-16)20(26)24-9-2-1-3-10-24/h4-8,11-13H,1-3,9-10H2,(H,21,22)(H,23,25). The van der Waals surface area contributed by atoms with E-state index in [4.69, 9.17) is 0 Å². The fourth-order valence-electron chi connectivity index (χ4n) is 3.29. The highest BCUT2D eigenvalue weighted by molar-refractivity contribution is 6.06. The number of benzene rings is 2. The molecule has 0 radical (unpaired) electrons. The second-order valence-corrected chi connectivity index (χ2v) is 6.52. The van der Waals surface area contributed by atoms with Gasteiger partial charge in [-0.25, -0.2) is 4.98 Å². The number of hydrogen-bond donors (Lipinski definition) is 2. The first-order valence-electron chi connectivity index (χ1n) is 8.84. The molecule has 6 nitrogen and oxygen atoms in total. The van der Waals surface area contributed by atoms with Crippen molar-refractivity contribution in [2.75, 3.05) is 18.4 Å². The van der Waals surface area contributed by atoms with Crippen LogP contribution < -0.4 is 5.32 Å². The molecule has 0 aliphatic carbocycles. The molecular weight excluding hydrogens is 328 g/mol. The van der Waals surface area contributed by atoms with Gasteiger partial charge in [-0.3, -0.25) is 9.59 Å². The number of piperidine rings is 1. The number of carbonyl (C=O) groups excluding carboxylic acids is 2. The fraction of sp³-hybridized carbons (Fsp3) is 0.250. The normalized spacial score (nSPS) is 14.4. The first-order valence-corrected chi connectivity index (χ1v) is 8.84. The number of aromatic amines is 1. The fourth-order valence-corrected chi connectivity index (χ4v) is 3.29. The molecule has 0 unspecified atom stereocenters. The Labute approximate surface area is 151 Å². The van der Waals surface area contributed by atoms with E-state index in [0.717, 1.165) is 37.0 Å². The quantitative estimate of drug-likeness (QED) is 0.761. The van der Waals surface area contributed by atoms with Crippen LogP contribution in [0.25, 0.3) is 11.0 Å². The largest absolute Gasteiger partial charge is 0.345 e. The predicted octanol–water partition coefficient (Wildman–Crippen LogP) is 3.44. The van der Waals surface area contributed by atoms with E-state index >= 15 is 0 Å². The highest BCUT2D eigenvalue weighted by Crippen LogP contribution is 2.18. The third-order valence-corrected chi connectivity index (χ3v) is 4.69. The van der Waals surface area contributed by atoms with Gasteiger partial charge in [-0.1, -0.05) is 6.07 Å². The van der Waals surface area contributed by atoms with E-state index in [2.05, 4.69) is 15.3 Å². The summed E-state index contributed by atoms with van der Waals surface area (Å²) < 4.78 is 0. The lowest BCUT2D eigenvalue weighted by Crippen LogP contribution is -2.35. The maximum absolute atomic E-state index is 12.6. The number of rotatable bonds is 3. The van der Waals surface area contributed by atoms with Crippen molar-refractivity contribution in [2.24, 2.45) is 0 Å². The van der Waals surface area contributed by atoms with E-state index in [0.29, 0.717) is 16.8 Å². The number of hydrogen-bond acceptors (Lipinski definition) is 3. The van der Waals surface area contributed by atoms with Gasteiger partial charge in [-0.2, -0.15) is 0 Å². The second kappa shape index (κ2) is 7.00. The molecule has 1 aliphatic rings. The minimum Gasteiger partial charge on any atom is -0.345 e. The van der Waals surface area contributed by atoms with E-state index in [9.17, 15) is 9.59 Å². The first kappa shape index (κ1) is 16.3. The topological polar surface area (TPSA) is 78.1 Å². The molecule has 2 amide bonds. The van der Waals surface area contributed by atoms with Crippen molar-refractivity contribution in [3.63, 3.8) is 0 Å². The number of carbonyl (C=O) groups is 2. The number of fused-ring (bicyclic) bond motifs is 1. The summed E-state index contributed by atoms with van der Waals surface area (Å²) in [7, 11) is 0. The van der Waals surface area contributed by atoms with Gasteiger partial charge in [-0.15, -0.1) is 0 Å². The van der Waals surface area contributed by atoms with Crippen molar-refractivity contribution in [3.05, 3.63) is 59.9 Å². The maximum Gasteiger partial charge on any atom is 0.255 e. The Morgan fingerprint density at radius 2 is 1.85 bits per heavy atom. The average molecular weight is 348 g/mol. The predicted molar refractivity (Wildman–Crippen MR) is 100 cm³/mol. The number of likely N-dealkylation sites (tertiary alicyclic amines) is 1. The molecule has 0 spiro atoms. The monoisotopic (exact) mass is 348 g/mol. The molecule has 1 aromatic heterocycles. The van der Waals surface area contributed by atoms with Crippen LogP contribution in [0.1, 0.15) is 40.0 Å². The molecule has 0 saturated carbocycles. The molecule has 132 valence electrons. The van der Waals surface area contributed by atoms with Crippen molar-refractivity contribution < 1.29 is 9.59 Å². The zero-order valence-corrected chi connectivity index (χ0v) is 14.4. The number of aromatic nitrogens is 2. The number of H-pyrrole nitrogens is 1. The van der Waals surface area contributed by atoms with Gasteiger partial charge in [0.05, 0.1) is 17.4 Å². The van der Waals surface area contributed by atoms with E-state index < -0.39 is 0 Å². The van der Waals surface area contributed by atoms with Crippen molar-refractivity contribution in [1.82, 2.24) is 14.9 Å². The Bertz CT molecular complexity index is 957. The Hall–Kier alpha value is -3.15. The summed E-state index contributed by atoms with van der Waals surface area (Å²) >= 11 is 0. The van der Waals surface area contributed by atoms with E-state index in [-0.39, 0.29) is 11.8 Å². The minimum absolute atomic E-state index is 0.0275. The average Bonchev–Trinajstić information content (AvgIpc) is 3.16. The van der Waals surface area contributed by atoms with Crippen molar-refractivity contribution in [2.45, 2.75) is 19.3 Å². The number of imidazole rings is 1. The Morgan fingerprint density at radius 1 is 1.00 bits per heavy atom. The molecule has 2 N–H and O–H groups in total. The van der Waals surface area contributed by atoms with Gasteiger partial charge < -0.3 is 15.2 Å². The van der Waals surface area contributed by atoms with Gasteiger partial charge in [0.1, 0.15) is 0 Å². The van der Waals surface area contributed by atoms with E-state index in [1.807, 2.05) is 4.90 Å². The summed E-state index contributed by atoms with van der Waals surface area (Å²) in [6, 6.07) is 12.4. The summed E-state index contributed by atoms with van der Waals surface area (Å²) in [4.78, 5) is 34.2. The van der Waals surface area contributed by atoms with Crippen LogP contribution in [-0.2, 0) is 0 Å². The van der Waals surface area contributed by atoms with Crippen LogP contribution in [-0.4, -0.2) is 39.8 Å². The zero-order chi connectivity index (χ0) is 17.9. The number of nitrogens with zero attached hydrogens (tertiary/aromatic N) is 2. The SMILES string of the molecule is O=C(Nc1cccc(C(=O)N2CCCCC2)c1)c1ccc2nc[nH]c2c1. The lowest BCUT2D eigenvalue weighted by molar-refractivity contribution is 0.0724. The molecule has 2 heterocycles. The van der Waals surface area contributed by atoms with Crippen molar-refractivity contribution in [3.8, 4) is 0 Å². The van der Waals surface area contributed by atoms with Crippen LogP contribution in [0.4, 0.5) is 5.69 Å². The third-order valence-electron chi connectivity index (χ3n) is 4.69. The zero-order valence-electron chi connectivity index (χ0n) is 14.4. The summed E-state index contributed by atoms with van der Waals surface area (Å²) in [5, 5.41) is 2.87. The molecule has 6 heteroatoms. The van der Waals surface area contributed by atoms with E-state index in [1.165, 1.54) is 6.42 Å². The molecule has 4 rings (SSSR count). The molecule has 0 bridgehead atoms. The summed E-state index contributed by atoms with van der Waals surface area (Å²) in [5.74, 6) is -0.191. The summed E-state index contributed by atoms with van der Waals surface area (Å²) in [6.07, 6.45) is 4.89. The van der Waals surface area contributed by atoms with Gasteiger partial charge in [-0.05, 0) is 55.7 Å². The lowest BCUT2D eigenvalue weighted by Gasteiger charge is -2.26. The highest BCUT2D eigenvalue weighted by atomic mass is 16.2. The summed E-state index contributed by atoms with van der Waals surface area (Å²) in [6.45, 7) is 1.61. The van der Waals surface area contributed by atoms with Crippen molar-refractivity contribution >= 4 is 28.5 Å². The molecule has 1 fully saturated rings. The maximum atomic E-state index is 12.6. The van der Waals surface area contributed by atoms with Crippen LogP contribution >= 0.6 is 0 Å². The number of nitrogens with one attached hydrogen (secondary N) is 2. The Kier molecular flexibility index (Phi) is 4.39. The van der Waals surface area contributed by atoms with E-state index in [1.54, 1.807) is 48.8 Å². The third kappa shape index (κ3) is 3.31. The van der Waals surface area contributed by atoms with Crippen LogP contribution in [0.15, 0.2) is 48.8 Å². The molecule has 3 aromatic rings. The number of anilines is 1. The van der Waals surface area contributed by atoms with Gasteiger partial charge >= 0.3 is 0 Å². The van der Waals surface area contributed by atoms with Gasteiger partial charge in [0, 0.05) is 29.9 Å². The second-order valence-electron chi connectivity index (χ2n) is 6.52. The molecule has 0 atom stereocenters. The smallest absolute Gasteiger partial charge is 0.255 e. The van der Waals surface area contributed by atoms with Crippen LogP contribution in [0.2, 0.25) is 0 Å². The number of amides is 2. The molecule has 1 aliphatic heterocycles. The van der Waals surface area contributed by atoms with Crippen LogP contribution in [0.5, 0.6) is 0 Å².